The molecule has 0 radical (unpaired) electrons. The lowest BCUT2D eigenvalue weighted by atomic mass is 10.0. The van der Waals surface area contributed by atoms with Crippen molar-refractivity contribution in [2.24, 2.45) is 5.92 Å². The molecule has 1 rings (SSSR count). The number of benzene rings is 1. The second-order valence-corrected chi connectivity index (χ2v) is 5.27. The second kappa shape index (κ2) is 7.65. The van der Waals surface area contributed by atoms with Gasteiger partial charge in [0.05, 0.1) is 0 Å². The number of carbonyl (C=O) groups is 2. The largest absolute Gasteiger partial charge is 0.480 e. The van der Waals surface area contributed by atoms with Crippen LogP contribution >= 0.6 is 0 Å². The van der Waals surface area contributed by atoms with E-state index in [0.29, 0.717) is 6.42 Å². The van der Waals surface area contributed by atoms with Crippen molar-refractivity contribution in [2.75, 3.05) is 0 Å². The summed E-state index contributed by atoms with van der Waals surface area (Å²) < 4.78 is 0. The molecule has 1 aromatic carbocycles. The second-order valence-electron chi connectivity index (χ2n) is 5.27. The van der Waals surface area contributed by atoms with Crippen LogP contribution in [0.5, 0.6) is 0 Å². The Hall–Kier alpha value is -1.88. The molecule has 5 nitrogen and oxygen atoms in total. The highest BCUT2D eigenvalue weighted by Crippen LogP contribution is 2.09. The average Bonchev–Trinajstić information content (AvgIpc) is 2.37. The molecule has 0 aliphatic rings. The van der Waals surface area contributed by atoms with E-state index in [1.165, 1.54) is 0 Å². The van der Waals surface area contributed by atoms with Gasteiger partial charge in [-0.15, -0.1) is 0 Å². The molecule has 0 amide bonds. The molecule has 20 heavy (non-hydrogen) atoms. The third-order valence-corrected chi connectivity index (χ3v) is 2.99. The molecule has 0 heterocycles. The molecule has 0 aromatic heterocycles. The Bertz CT molecular complexity index is 444. The maximum absolute atomic E-state index is 11.3. The molecule has 0 aliphatic heterocycles. The standard InChI is InChI=1S/C15H21NO4/c1-10(2)8-12(14(17)18)16-13(15(19)20)9-11-6-4-3-5-7-11/h3-7,10,12-13,16H,8-9H2,1-2H3,(H,17,18)(H,19,20). The van der Waals surface area contributed by atoms with Crippen molar-refractivity contribution in [2.45, 2.75) is 38.8 Å². The van der Waals surface area contributed by atoms with E-state index >= 15 is 0 Å². The van der Waals surface area contributed by atoms with Crippen LogP contribution in [0, 0.1) is 5.92 Å². The summed E-state index contributed by atoms with van der Waals surface area (Å²) in [4.78, 5) is 22.5. The van der Waals surface area contributed by atoms with Gasteiger partial charge in [-0.05, 0) is 24.3 Å². The molecule has 0 saturated carbocycles. The van der Waals surface area contributed by atoms with E-state index in [4.69, 9.17) is 5.11 Å². The van der Waals surface area contributed by atoms with Gasteiger partial charge in [-0.2, -0.15) is 0 Å². The molecule has 1 aromatic rings. The fraction of sp³-hybridized carbons (Fsp3) is 0.467. The first kappa shape index (κ1) is 16.2. The number of aliphatic carboxylic acids is 2. The van der Waals surface area contributed by atoms with E-state index in [-0.39, 0.29) is 12.3 Å². The van der Waals surface area contributed by atoms with Crippen molar-refractivity contribution < 1.29 is 19.8 Å². The summed E-state index contributed by atoms with van der Waals surface area (Å²) >= 11 is 0. The summed E-state index contributed by atoms with van der Waals surface area (Å²) in [6.07, 6.45) is 0.659. The van der Waals surface area contributed by atoms with Gasteiger partial charge in [0.25, 0.3) is 0 Å². The van der Waals surface area contributed by atoms with E-state index < -0.39 is 24.0 Å². The van der Waals surface area contributed by atoms with Crippen LogP contribution in [0.1, 0.15) is 25.8 Å². The molecule has 0 spiro atoms. The first-order chi connectivity index (χ1) is 9.40. The average molecular weight is 279 g/mol. The van der Waals surface area contributed by atoms with Crippen molar-refractivity contribution >= 4 is 11.9 Å². The van der Waals surface area contributed by atoms with Crippen molar-refractivity contribution in [3.63, 3.8) is 0 Å². The molecule has 3 N–H and O–H groups in total. The van der Waals surface area contributed by atoms with Crippen LogP contribution in [0.25, 0.3) is 0 Å². The Morgan fingerprint density at radius 1 is 1.05 bits per heavy atom. The van der Waals surface area contributed by atoms with Crippen LogP contribution in [-0.4, -0.2) is 34.2 Å². The lowest BCUT2D eigenvalue weighted by Gasteiger charge is -2.21. The van der Waals surface area contributed by atoms with Crippen LogP contribution in [0.4, 0.5) is 0 Å². The summed E-state index contributed by atoms with van der Waals surface area (Å²) in [6.45, 7) is 3.81. The summed E-state index contributed by atoms with van der Waals surface area (Å²) in [5.74, 6) is -1.88. The monoisotopic (exact) mass is 279 g/mol. The number of hydrogen-bond donors (Lipinski definition) is 3. The minimum Gasteiger partial charge on any atom is -0.480 e. The highest BCUT2D eigenvalue weighted by Gasteiger charge is 2.26. The van der Waals surface area contributed by atoms with Crippen molar-refractivity contribution in [3.05, 3.63) is 35.9 Å². The van der Waals surface area contributed by atoms with Crippen LogP contribution in [-0.2, 0) is 16.0 Å². The Morgan fingerprint density at radius 2 is 1.60 bits per heavy atom. The molecular weight excluding hydrogens is 258 g/mol. The number of nitrogens with one attached hydrogen (secondary N) is 1. The maximum Gasteiger partial charge on any atom is 0.321 e. The highest BCUT2D eigenvalue weighted by molar-refractivity contribution is 5.77. The number of carboxylic acid groups (broad SMARTS) is 2. The Morgan fingerprint density at radius 3 is 2.05 bits per heavy atom. The van der Waals surface area contributed by atoms with Crippen LogP contribution in [0.3, 0.4) is 0 Å². The molecule has 110 valence electrons. The highest BCUT2D eigenvalue weighted by atomic mass is 16.4. The van der Waals surface area contributed by atoms with Crippen LogP contribution in [0.15, 0.2) is 30.3 Å². The molecule has 0 aliphatic carbocycles. The van der Waals surface area contributed by atoms with E-state index in [1.807, 2.05) is 44.2 Å². The van der Waals surface area contributed by atoms with Crippen LogP contribution < -0.4 is 5.32 Å². The number of hydrogen-bond acceptors (Lipinski definition) is 3. The Kier molecular flexibility index (Phi) is 6.18. The normalized spacial score (nSPS) is 13.9. The first-order valence-electron chi connectivity index (χ1n) is 6.65. The van der Waals surface area contributed by atoms with Crippen molar-refractivity contribution in [3.8, 4) is 0 Å². The van der Waals surface area contributed by atoms with E-state index in [1.54, 1.807) is 0 Å². The first-order valence-corrected chi connectivity index (χ1v) is 6.65. The van der Waals surface area contributed by atoms with Crippen molar-refractivity contribution in [1.29, 1.82) is 0 Å². The van der Waals surface area contributed by atoms with E-state index in [2.05, 4.69) is 5.32 Å². The lowest BCUT2D eigenvalue weighted by Crippen LogP contribution is -2.48. The van der Waals surface area contributed by atoms with Gasteiger partial charge in [-0.25, -0.2) is 0 Å². The molecule has 5 heteroatoms. The third kappa shape index (κ3) is 5.40. The van der Waals surface area contributed by atoms with Gasteiger partial charge in [-0.1, -0.05) is 44.2 Å². The molecule has 2 unspecified atom stereocenters. The predicted molar refractivity (Wildman–Crippen MR) is 75.6 cm³/mol. The minimum absolute atomic E-state index is 0.176. The summed E-state index contributed by atoms with van der Waals surface area (Å²) in [5, 5.41) is 21.1. The van der Waals surface area contributed by atoms with Crippen LogP contribution in [0.2, 0.25) is 0 Å². The fourth-order valence-electron chi connectivity index (χ4n) is 2.02. The summed E-state index contributed by atoms with van der Waals surface area (Å²) in [5.41, 5.74) is 0.862. The van der Waals surface area contributed by atoms with Crippen molar-refractivity contribution in [1.82, 2.24) is 5.32 Å². The Balaban J connectivity index is 2.75. The van der Waals surface area contributed by atoms with Gasteiger partial charge in [-0.3, -0.25) is 14.9 Å². The number of carboxylic acids is 2. The fourth-order valence-corrected chi connectivity index (χ4v) is 2.02. The van der Waals surface area contributed by atoms with Gasteiger partial charge < -0.3 is 10.2 Å². The molecular formula is C15H21NO4. The van der Waals surface area contributed by atoms with Gasteiger partial charge in [0.2, 0.25) is 0 Å². The topological polar surface area (TPSA) is 86.6 Å². The minimum atomic E-state index is -1.04. The molecule has 0 saturated heterocycles. The zero-order valence-electron chi connectivity index (χ0n) is 11.7. The molecule has 2 atom stereocenters. The van der Waals surface area contributed by atoms with E-state index in [9.17, 15) is 14.7 Å². The predicted octanol–water partition coefficient (Wildman–Crippen LogP) is 1.77. The van der Waals surface area contributed by atoms with Gasteiger partial charge in [0, 0.05) is 0 Å². The Labute approximate surface area is 118 Å². The van der Waals surface area contributed by atoms with Gasteiger partial charge in [0.15, 0.2) is 0 Å². The smallest absolute Gasteiger partial charge is 0.321 e. The summed E-state index contributed by atoms with van der Waals surface area (Å²) in [7, 11) is 0. The maximum atomic E-state index is 11.3. The number of rotatable bonds is 8. The molecule has 0 fully saturated rings. The third-order valence-electron chi connectivity index (χ3n) is 2.99. The summed E-state index contributed by atoms with van der Waals surface area (Å²) in [6, 6.07) is 7.42. The quantitative estimate of drug-likeness (QED) is 0.675. The zero-order chi connectivity index (χ0) is 15.1. The molecule has 0 bridgehead atoms. The van der Waals surface area contributed by atoms with E-state index in [0.717, 1.165) is 5.56 Å². The SMILES string of the molecule is CC(C)CC(NC(Cc1ccccc1)C(=O)O)C(=O)O. The zero-order valence-corrected chi connectivity index (χ0v) is 11.7. The van der Waals surface area contributed by atoms with Gasteiger partial charge >= 0.3 is 11.9 Å². The van der Waals surface area contributed by atoms with Gasteiger partial charge in [0.1, 0.15) is 12.1 Å². The lowest BCUT2D eigenvalue weighted by molar-refractivity contribution is -0.142.